The molecule has 1 saturated heterocycles. The number of aliphatic hydroxyl groups is 1. The van der Waals surface area contributed by atoms with E-state index in [0.29, 0.717) is 18.7 Å². The van der Waals surface area contributed by atoms with Crippen molar-refractivity contribution < 1.29 is 18.4 Å². The van der Waals surface area contributed by atoms with Crippen molar-refractivity contribution in [2.24, 2.45) is 0 Å². The van der Waals surface area contributed by atoms with E-state index in [2.05, 4.69) is 0 Å². The van der Waals surface area contributed by atoms with Gasteiger partial charge in [0.2, 0.25) is 0 Å². The molecule has 20 heavy (non-hydrogen) atoms. The Morgan fingerprint density at radius 1 is 1.45 bits per heavy atom. The first-order valence-electron chi connectivity index (χ1n) is 6.13. The predicted molar refractivity (Wildman–Crippen MR) is 73.6 cm³/mol. The van der Waals surface area contributed by atoms with Crippen molar-refractivity contribution >= 4 is 21.2 Å². The molecule has 8 heteroatoms. The van der Waals surface area contributed by atoms with Crippen LogP contribution in [0.25, 0.3) is 0 Å². The van der Waals surface area contributed by atoms with Gasteiger partial charge in [-0.15, -0.1) is 0 Å². The molecule has 1 aromatic carbocycles. The normalized spacial score (nSPS) is 23.1. The molecule has 0 aromatic heterocycles. The van der Waals surface area contributed by atoms with E-state index in [9.17, 15) is 23.6 Å². The Hall–Kier alpha value is -1.67. The van der Waals surface area contributed by atoms with Crippen molar-refractivity contribution in [1.82, 2.24) is 0 Å². The number of rotatable bonds is 3. The van der Waals surface area contributed by atoms with E-state index in [-0.39, 0.29) is 16.6 Å². The maximum absolute atomic E-state index is 11.5. The summed E-state index contributed by atoms with van der Waals surface area (Å²) in [7, 11) is -3.50. The van der Waals surface area contributed by atoms with Crippen LogP contribution in [0.3, 0.4) is 0 Å². The first-order valence-corrected chi connectivity index (χ1v) is 8.02. The van der Waals surface area contributed by atoms with E-state index < -0.39 is 20.9 Å². The van der Waals surface area contributed by atoms with Crippen LogP contribution in [0.5, 0.6) is 0 Å². The number of nitrogens with zero attached hydrogens (tertiary/aromatic N) is 2. The Balaban J connectivity index is 2.52. The van der Waals surface area contributed by atoms with Crippen LogP contribution in [0.15, 0.2) is 23.1 Å². The van der Waals surface area contributed by atoms with Gasteiger partial charge in [-0.3, -0.25) is 10.1 Å². The van der Waals surface area contributed by atoms with Crippen molar-refractivity contribution in [2.45, 2.75) is 30.4 Å². The van der Waals surface area contributed by atoms with Crippen LogP contribution in [0, 0.1) is 10.1 Å². The van der Waals surface area contributed by atoms with E-state index in [4.69, 9.17) is 0 Å². The second-order valence-corrected chi connectivity index (χ2v) is 7.09. The monoisotopic (exact) mass is 300 g/mol. The lowest BCUT2D eigenvalue weighted by Crippen LogP contribution is -2.28. The highest BCUT2D eigenvalue weighted by Gasteiger charge is 2.32. The van der Waals surface area contributed by atoms with Crippen LogP contribution < -0.4 is 4.90 Å². The molecule has 110 valence electrons. The minimum absolute atomic E-state index is 0.0345. The SMILES string of the molecule is C[C@H]1C[C@@H](O)CN1c1ccc(S(C)(=O)=O)cc1[N+](=O)[O-]. The fraction of sp³-hybridized carbons (Fsp3) is 0.500. The van der Waals surface area contributed by atoms with E-state index in [1.54, 1.807) is 4.90 Å². The van der Waals surface area contributed by atoms with Crippen LogP contribution >= 0.6 is 0 Å². The second-order valence-electron chi connectivity index (χ2n) is 5.07. The average Bonchev–Trinajstić information content (AvgIpc) is 2.66. The number of nitro groups is 1. The number of sulfone groups is 1. The van der Waals surface area contributed by atoms with Crippen molar-refractivity contribution in [3.8, 4) is 0 Å². The zero-order chi connectivity index (χ0) is 15.1. The maximum Gasteiger partial charge on any atom is 0.293 e. The van der Waals surface area contributed by atoms with Gasteiger partial charge < -0.3 is 10.0 Å². The molecule has 1 aliphatic rings. The zero-order valence-electron chi connectivity index (χ0n) is 11.2. The highest BCUT2D eigenvalue weighted by atomic mass is 32.2. The number of nitro benzene ring substituents is 1. The van der Waals surface area contributed by atoms with Gasteiger partial charge in [-0.25, -0.2) is 8.42 Å². The fourth-order valence-corrected chi connectivity index (χ4v) is 3.10. The van der Waals surface area contributed by atoms with Crippen LogP contribution in [0.4, 0.5) is 11.4 Å². The van der Waals surface area contributed by atoms with Gasteiger partial charge >= 0.3 is 0 Å². The molecule has 0 aliphatic carbocycles. The molecular weight excluding hydrogens is 284 g/mol. The highest BCUT2D eigenvalue weighted by Crippen LogP contribution is 2.35. The molecule has 0 unspecified atom stereocenters. The lowest BCUT2D eigenvalue weighted by atomic mass is 10.2. The molecule has 2 atom stereocenters. The molecule has 7 nitrogen and oxygen atoms in total. The summed E-state index contributed by atoms with van der Waals surface area (Å²) in [6, 6.07) is 3.83. The van der Waals surface area contributed by atoms with Gasteiger partial charge in [0.25, 0.3) is 5.69 Å². The van der Waals surface area contributed by atoms with E-state index >= 15 is 0 Å². The summed E-state index contributed by atoms with van der Waals surface area (Å²) in [4.78, 5) is 12.2. The van der Waals surface area contributed by atoms with E-state index in [0.717, 1.165) is 12.3 Å². The Morgan fingerprint density at radius 2 is 2.10 bits per heavy atom. The molecule has 0 bridgehead atoms. The Labute approximate surface area is 116 Å². The standard InChI is InChI=1S/C12H16N2O5S/c1-8-5-9(15)7-13(8)11-4-3-10(20(2,18)19)6-12(11)14(16)17/h3-4,6,8-9,15H,5,7H2,1-2H3/t8-,9+/m0/s1. The highest BCUT2D eigenvalue weighted by molar-refractivity contribution is 7.90. The zero-order valence-corrected chi connectivity index (χ0v) is 12.0. The van der Waals surface area contributed by atoms with Gasteiger partial charge in [0.15, 0.2) is 9.84 Å². The Morgan fingerprint density at radius 3 is 2.55 bits per heavy atom. The molecule has 0 radical (unpaired) electrons. The molecule has 1 heterocycles. The molecule has 1 N–H and O–H groups in total. The molecule has 1 aromatic rings. The Kier molecular flexibility index (Phi) is 3.70. The third kappa shape index (κ3) is 2.75. The molecule has 1 aliphatic heterocycles. The first kappa shape index (κ1) is 14.7. The largest absolute Gasteiger partial charge is 0.391 e. The molecule has 0 saturated carbocycles. The fourth-order valence-electron chi connectivity index (χ4n) is 2.46. The smallest absolute Gasteiger partial charge is 0.293 e. The first-order chi connectivity index (χ1) is 9.20. The summed E-state index contributed by atoms with van der Waals surface area (Å²) in [6.07, 6.45) is 1.01. The topological polar surface area (TPSA) is 101 Å². The summed E-state index contributed by atoms with van der Waals surface area (Å²) < 4.78 is 23.0. The van der Waals surface area contributed by atoms with Gasteiger partial charge in [-0.1, -0.05) is 0 Å². The summed E-state index contributed by atoms with van der Waals surface area (Å²) in [6.45, 7) is 2.17. The maximum atomic E-state index is 11.5. The number of β-amino-alcohol motifs (C(OH)–C–C–N with tert-alkyl or cyclic N) is 1. The number of anilines is 1. The van der Waals surface area contributed by atoms with Crippen molar-refractivity contribution in [3.63, 3.8) is 0 Å². The molecule has 0 amide bonds. The summed E-state index contributed by atoms with van der Waals surface area (Å²) in [5.74, 6) is 0. The van der Waals surface area contributed by atoms with Crippen molar-refractivity contribution in [1.29, 1.82) is 0 Å². The van der Waals surface area contributed by atoms with Crippen molar-refractivity contribution in [2.75, 3.05) is 17.7 Å². The molecule has 0 spiro atoms. The van der Waals surface area contributed by atoms with E-state index in [1.165, 1.54) is 12.1 Å². The minimum Gasteiger partial charge on any atom is -0.391 e. The summed E-state index contributed by atoms with van der Waals surface area (Å²) >= 11 is 0. The Bertz CT molecular complexity index is 643. The lowest BCUT2D eigenvalue weighted by molar-refractivity contribution is -0.384. The van der Waals surface area contributed by atoms with Crippen LogP contribution in [-0.4, -0.2) is 43.4 Å². The van der Waals surface area contributed by atoms with E-state index in [1.807, 2.05) is 6.92 Å². The molecular formula is C12H16N2O5S. The van der Waals surface area contributed by atoms with Gasteiger partial charge in [0.05, 0.1) is 15.9 Å². The average molecular weight is 300 g/mol. The number of aliphatic hydroxyl groups excluding tert-OH is 1. The lowest BCUT2D eigenvalue weighted by Gasteiger charge is -2.23. The van der Waals surface area contributed by atoms with Crippen molar-refractivity contribution in [3.05, 3.63) is 28.3 Å². The van der Waals surface area contributed by atoms with Crippen LogP contribution in [0.2, 0.25) is 0 Å². The van der Waals surface area contributed by atoms with Crippen LogP contribution in [0.1, 0.15) is 13.3 Å². The third-order valence-electron chi connectivity index (χ3n) is 3.43. The van der Waals surface area contributed by atoms with Crippen LogP contribution in [-0.2, 0) is 9.84 Å². The molecule has 1 fully saturated rings. The van der Waals surface area contributed by atoms with Gasteiger partial charge in [0, 0.05) is 24.9 Å². The number of hydrogen-bond donors (Lipinski definition) is 1. The van der Waals surface area contributed by atoms with Gasteiger partial charge in [-0.05, 0) is 25.5 Å². The number of benzene rings is 1. The number of hydrogen-bond acceptors (Lipinski definition) is 6. The van der Waals surface area contributed by atoms with Gasteiger partial charge in [0.1, 0.15) is 5.69 Å². The third-order valence-corrected chi connectivity index (χ3v) is 4.54. The minimum atomic E-state index is -3.50. The van der Waals surface area contributed by atoms with Gasteiger partial charge in [-0.2, -0.15) is 0 Å². The quantitative estimate of drug-likeness (QED) is 0.659. The summed E-state index contributed by atoms with van der Waals surface area (Å²) in [5.41, 5.74) is 0.0836. The molecule has 2 rings (SSSR count). The summed E-state index contributed by atoms with van der Waals surface area (Å²) in [5, 5.41) is 20.8. The second kappa shape index (κ2) is 5.02. The predicted octanol–water partition coefficient (Wildman–Crippen LogP) is 0.958.